The summed E-state index contributed by atoms with van der Waals surface area (Å²) in [7, 11) is 1.54. The lowest BCUT2D eigenvalue weighted by Crippen LogP contribution is -2.06. The molecule has 1 unspecified atom stereocenters. The molecule has 5 nitrogen and oxygen atoms in total. The normalized spacial score (nSPS) is 11.9. The first-order valence-electron chi connectivity index (χ1n) is 7.35. The van der Waals surface area contributed by atoms with Gasteiger partial charge < -0.3 is 14.0 Å². The van der Waals surface area contributed by atoms with Gasteiger partial charge in [-0.3, -0.25) is 4.79 Å². The molecule has 0 fully saturated rings. The number of hydrogen-bond donors (Lipinski definition) is 1. The zero-order chi connectivity index (χ0) is 16.9. The van der Waals surface area contributed by atoms with Gasteiger partial charge in [0, 0.05) is 5.56 Å². The lowest BCUT2D eigenvalue weighted by molar-refractivity contribution is 0.198. The summed E-state index contributed by atoms with van der Waals surface area (Å²) in [4.78, 5) is 11.1. The standard InChI is InChI=1S/C18H16FNO4/c1-22-15-4-2-3-13(9-15)16(19)11-23-14-7-5-12(6-8-14)17-10-18(21)20-24-17/h2-10,16H,11H2,1H3,(H,20,21). The number of H-pyrrole nitrogens is 1. The molecule has 3 rings (SSSR count). The minimum Gasteiger partial charge on any atom is -0.497 e. The molecular weight excluding hydrogens is 313 g/mol. The Hall–Kier alpha value is -3.02. The molecule has 0 radical (unpaired) electrons. The molecule has 1 atom stereocenters. The third kappa shape index (κ3) is 3.65. The number of methoxy groups -OCH3 is 1. The fourth-order valence-electron chi connectivity index (χ4n) is 2.24. The second kappa shape index (κ2) is 7.04. The van der Waals surface area contributed by atoms with Crippen LogP contribution in [0.1, 0.15) is 11.7 Å². The van der Waals surface area contributed by atoms with Gasteiger partial charge in [0.1, 0.15) is 18.1 Å². The average molecular weight is 329 g/mol. The van der Waals surface area contributed by atoms with Crippen molar-refractivity contribution in [3.8, 4) is 22.8 Å². The van der Waals surface area contributed by atoms with Crippen molar-refractivity contribution in [3.05, 3.63) is 70.5 Å². The summed E-state index contributed by atoms with van der Waals surface area (Å²) < 4.78 is 29.8. The number of alkyl halides is 1. The summed E-state index contributed by atoms with van der Waals surface area (Å²) in [6.07, 6.45) is -1.26. The molecule has 0 aliphatic carbocycles. The minimum atomic E-state index is -1.26. The SMILES string of the molecule is COc1cccc(C(F)COc2ccc(-c3cc(=O)[nH]o3)cc2)c1. The molecular formula is C18H16FNO4. The van der Waals surface area contributed by atoms with E-state index in [9.17, 15) is 9.18 Å². The molecule has 0 spiro atoms. The Labute approximate surface area is 137 Å². The van der Waals surface area contributed by atoms with Crippen LogP contribution in [0.3, 0.4) is 0 Å². The lowest BCUT2D eigenvalue weighted by atomic mass is 10.1. The Morgan fingerprint density at radius 1 is 1.12 bits per heavy atom. The largest absolute Gasteiger partial charge is 0.497 e. The number of hydrogen-bond acceptors (Lipinski definition) is 4. The Balaban J connectivity index is 1.63. The molecule has 0 amide bonds. The minimum absolute atomic E-state index is 0.105. The summed E-state index contributed by atoms with van der Waals surface area (Å²) in [5.41, 5.74) is 0.925. The van der Waals surface area contributed by atoms with E-state index in [0.717, 1.165) is 5.56 Å². The molecule has 124 valence electrons. The van der Waals surface area contributed by atoms with Gasteiger partial charge in [-0.15, -0.1) is 0 Å². The smallest absolute Gasteiger partial charge is 0.280 e. The molecule has 2 aromatic carbocycles. The van der Waals surface area contributed by atoms with E-state index in [2.05, 4.69) is 5.16 Å². The van der Waals surface area contributed by atoms with Crippen LogP contribution in [0.2, 0.25) is 0 Å². The van der Waals surface area contributed by atoms with Crippen LogP contribution in [0.25, 0.3) is 11.3 Å². The predicted molar refractivity (Wildman–Crippen MR) is 87.1 cm³/mol. The van der Waals surface area contributed by atoms with Crippen molar-refractivity contribution in [2.75, 3.05) is 13.7 Å². The molecule has 0 bridgehead atoms. The molecule has 3 aromatic rings. The zero-order valence-electron chi connectivity index (χ0n) is 13.0. The summed E-state index contributed by atoms with van der Waals surface area (Å²) in [5, 5.41) is 2.23. The number of benzene rings is 2. The van der Waals surface area contributed by atoms with Gasteiger partial charge in [-0.05, 0) is 42.0 Å². The summed E-state index contributed by atoms with van der Waals surface area (Å²) in [5.74, 6) is 1.57. The first-order chi connectivity index (χ1) is 11.7. The molecule has 6 heteroatoms. The molecule has 1 aromatic heterocycles. The summed E-state index contributed by atoms with van der Waals surface area (Å²) in [6, 6.07) is 15.0. The number of nitrogens with one attached hydrogen (secondary N) is 1. The van der Waals surface area contributed by atoms with Crippen molar-refractivity contribution in [2.24, 2.45) is 0 Å². The van der Waals surface area contributed by atoms with E-state index < -0.39 is 6.17 Å². The van der Waals surface area contributed by atoms with Crippen LogP contribution in [0.15, 0.2) is 63.9 Å². The number of aromatic nitrogens is 1. The number of rotatable bonds is 6. The highest BCUT2D eigenvalue weighted by Crippen LogP contribution is 2.25. The first kappa shape index (κ1) is 15.9. The van der Waals surface area contributed by atoms with Gasteiger partial charge in [0.05, 0.1) is 13.2 Å². The topological polar surface area (TPSA) is 64.5 Å². The number of aromatic amines is 1. The first-order valence-corrected chi connectivity index (χ1v) is 7.35. The van der Waals surface area contributed by atoms with Gasteiger partial charge in [-0.25, -0.2) is 4.39 Å². The van der Waals surface area contributed by atoms with E-state index >= 15 is 0 Å². The van der Waals surface area contributed by atoms with Crippen molar-refractivity contribution < 1.29 is 18.4 Å². The molecule has 0 saturated heterocycles. The highest BCUT2D eigenvalue weighted by molar-refractivity contribution is 5.57. The third-order valence-electron chi connectivity index (χ3n) is 3.51. The van der Waals surface area contributed by atoms with Crippen molar-refractivity contribution in [3.63, 3.8) is 0 Å². The van der Waals surface area contributed by atoms with Gasteiger partial charge >= 0.3 is 0 Å². The van der Waals surface area contributed by atoms with Crippen LogP contribution >= 0.6 is 0 Å². The zero-order valence-corrected chi connectivity index (χ0v) is 13.0. The van der Waals surface area contributed by atoms with Crippen LogP contribution in [0.5, 0.6) is 11.5 Å². The van der Waals surface area contributed by atoms with Crippen molar-refractivity contribution in [1.29, 1.82) is 0 Å². The Bertz CT molecular complexity index is 854. The maximum absolute atomic E-state index is 14.2. The molecule has 1 heterocycles. The number of ether oxygens (including phenoxy) is 2. The maximum atomic E-state index is 14.2. The molecule has 0 aliphatic rings. The van der Waals surface area contributed by atoms with E-state index in [-0.39, 0.29) is 12.2 Å². The van der Waals surface area contributed by atoms with Crippen molar-refractivity contribution in [1.82, 2.24) is 5.16 Å². The Morgan fingerprint density at radius 2 is 1.92 bits per heavy atom. The van der Waals surface area contributed by atoms with E-state index in [1.165, 1.54) is 13.2 Å². The highest BCUT2D eigenvalue weighted by atomic mass is 19.1. The fourth-order valence-corrected chi connectivity index (χ4v) is 2.24. The molecule has 24 heavy (non-hydrogen) atoms. The molecule has 1 N–H and O–H groups in total. The van der Waals surface area contributed by atoms with Crippen LogP contribution in [-0.4, -0.2) is 18.9 Å². The van der Waals surface area contributed by atoms with Crippen LogP contribution in [0.4, 0.5) is 4.39 Å². The van der Waals surface area contributed by atoms with Gasteiger partial charge in [0.15, 0.2) is 11.9 Å². The Morgan fingerprint density at radius 3 is 2.58 bits per heavy atom. The van der Waals surface area contributed by atoms with E-state index in [1.54, 1.807) is 48.5 Å². The third-order valence-corrected chi connectivity index (χ3v) is 3.51. The number of halogens is 1. The van der Waals surface area contributed by atoms with Crippen LogP contribution in [-0.2, 0) is 0 Å². The molecule has 0 aliphatic heterocycles. The van der Waals surface area contributed by atoms with Crippen LogP contribution in [0, 0.1) is 0 Å². The Kier molecular flexibility index (Phi) is 4.65. The van der Waals surface area contributed by atoms with E-state index in [0.29, 0.717) is 22.8 Å². The van der Waals surface area contributed by atoms with E-state index in [4.69, 9.17) is 14.0 Å². The average Bonchev–Trinajstić information content (AvgIpc) is 3.06. The van der Waals surface area contributed by atoms with Gasteiger partial charge in [0.2, 0.25) is 0 Å². The van der Waals surface area contributed by atoms with Gasteiger partial charge in [-0.1, -0.05) is 12.1 Å². The lowest BCUT2D eigenvalue weighted by Gasteiger charge is -2.12. The summed E-state index contributed by atoms with van der Waals surface area (Å²) >= 11 is 0. The van der Waals surface area contributed by atoms with Gasteiger partial charge in [-0.2, -0.15) is 5.16 Å². The second-order valence-electron chi connectivity index (χ2n) is 5.16. The summed E-state index contributed by atoms with van der Waals surface area (Å²) in [6.45, 7) is -0.105. The van der Waals surface area contributed by atoms with Gasteiger partial charge in [0.25, 0.3) is 5.56 Å². The van der Waals surface area contributed by atoms with E-state index in [1.807, 2.05) is 0 Å². The molecule has 0 saturated carbocycles. The van der Waals surface area contributed by atoms with Crippen molar-refractivity contribution in [2.45, 2.75) is 6.17 Å². The quantitative estimate of drug-likeness (QED) is 0.748. The van der Waals surface area contributed by atoms with Crippen molar-refractivity contribution >= 4 is 0 Å². The highest BCUT2D eigenvalue weighted by Gasteiger charge is 2.12. The fraction of sp³-hybridized carbons (Fsp3) is 0.167. The van der Waals surface area contributed by atoms with Crippen LogP contribution < -0.4 is 15.0 Å². The maximum Gasteiger partial charge on any atom is 0.280 e. The monoisotopic (exact) mass is 329 g/mol. The second-order valence-corrected chi connectivity index (χ2v) is 5.16. The predicted octanol–water partition coefficient (Wildman–Crippen LogP) is 3.73.